The third-order valence-corrected chi connectivity index (χ3v) is 6.90. The van der Waals surface area contributed by atoms with E-state index >= 15 is 0 Å². The van der Waals surface area contributed by atoms with Gasteiger partial charge in [-0.15, -0.1) is 0 Å². The Morgan fingerprint density at radius 2 is 2.06 bits per heavy atom. The van der Waals surface area contributed by atoms with Gasteiger partial charge < -0.3 is 19.8 Å². The standard InChI is InChI=1S/C24H19N3O4/c25-12-16-22(26)31-19-11-14(18-7-3-9-30-18)10-17(28)20(19)24(16)15-6-1-4-13-5-2-8-27(21(13)15)23(24)29/h1,3-4,6-7,9,14H,2,5,8,10-11,26H2/t14-,24+/m0/s1. The topological polar surface area (TPSA) is 110 Å². The number of para-hydroxylation sites is 1. The number of benzene rings is 1. The van der Waals surface area contributed by atoms with Crippen molar-refractivity contribution in [3.05, 3.63) is 76.3 Å². The molecule has 2 N–H and O–H groups in total. The number of allylic oxidation sites excluding steroid dienone is 1. The molecule has 1 aliphatic carbocycles. The van der Waals surface area contributed by atoms with E-state index < -0.39 is 5.41 Å². The number of ether oxygens (including phenoxy) is 1. The molecule has 4 aliphatic rings. The molecule has 0 radical (unpaired) electrons. The van der Waals surface area contributed by atoms with Crippen LogP contribution in [0, 0.1) is 11.3 Å². The number of nitrogens with zero attached hydrogens (tertiary/aromatic N) is 2. The summed E-state index contributed by atoms with van der Waals surface area (Å²) in [6.07, 6.45) is 3.80. The molecule has 7 nitrogen and oxygen atoms in total. The summed E-state index contributed by atoms with van der Waals surface area (Å²) in [5, 5.41) is 10.1. The third kappa shape index (κ3) is 2.12. The summed E-state index contributed by atoms with van der Waals surface area (Å²) in [5.41, 5.74) is 7.47. The van der Waals surface area contributed by atoms with E-state index in [-0.39, 0.29) is 41.1 Å². The van der Waals surface area contributed by atoms with Crippen molar-refractivity contribution >= 4 is 17.4 Å². The Hall–Kier alpha value is -3.79. The van der Waals surface area contributed by atoms with Gasteiger partial charge >= 0.3 is 0 Å². The minimum atomic E-state index is -1.53. The van der Waals surface area contributed by atoms with E-state index in [0.717, 1.165) is 24.1 Å². The molecule has 1 aromatic heterocycles. The number of hydrogen-bond donors (Lipinski definition) is 1. The molecule has 2 aromatic rings. The predicted molar refractivity (Wildman–Crippen MR) is 109 cm³/mol. The molecule has 0 fully saturated rings. The number of hydrogen-bond acceptors (Lipinski definition) is 6. The van der Waals surface area contributed by atoms with Crippen LogP contribution in [-0.4, -0.2) is 18.2 Å². The van der Waals surface area contributed by atoms with Crippen LogP contribution in [-0.2, 0) is 26.2 Å². The number of amides is 1. The highest BCUT2D eigenvalue weighted by molar-refractivity contribution is 6.20. The van der Waals surface area contributed by atoms with Crippen molar-refractivity contribution < 1.29 is 18.7 Å². The number of ketones is 1. The molecular weight excluding hydrogens is 394 g/mol. The van der Waals surface area contributed by atoms with Crippen molar-refractivity contribution in [1.29, 1.82) is 5.26 Å². The first-order valence-corrected chi connectivity index (χ1v) is 10.4. The van der Waals surface area contributed by atoms with Crippen LogP contribution < -0.4 is 10.6 Å². The molecule has 4 heterocycles. The zero-order chi connectivity index (χ0) is 21.3. The molecule has 1 spiro atoms. The van der Waals surface area contributed by atoms with Crippen LogP contribution in [0.25, 0.3) is 0 Å². The van der Waals surface area contributed by atoms with E-state index in [2.05, 4.69) is 6.07 Å². The fourth-order valence-corrected chi connectivity index (χ4v) is 5.71. The number of nitriles is 1. The van der Waals surface area contributed by atoms with Crippen LogP contribution in [0.15, 0.2) is 63.8 Å². The first-order chi connectivity index (χ1) is 15.1. The van der Waals surface area contributed by atoms with Crippen molar-refractivity contribution in [2.24, 2.45) is 5.73 Å². The number of carbonyl (C=O) groups excluding carboxylic acids is 2. The molecular formula is C24H19N3O4. The van der Waals surface area contributed by atoms with Crippen molar-refractivity contribution in [2.45, 2.75) is 37.0 Å². The lowest BCUT2D eigenvalue weighted by Gasteiger charge is -2.39. The summed E-state index contributed by atoms with van der Waals surface area (Å²) in [5.74, 6) is 0.235. The highest BCUT2D eigenvalue weighted by Crippen LogP contribution is 2.58. The van der Waals surface area contributed by atoms with Crippen molar-refractivity contribution in [2.75, 3.05) is 11.4 Å². The van der Waals surface area contributed by atoms with E-state index in [1.54, 1.807) is 17.2 Å². The number of fused-ring (bicyclic) bond motifs is 2. The van der Waals surface area contributed by atoms with Gasteiger partial charge in [-0.25, -0.2) is 0 Å². The van der Waals surface area contributed by atoms with Crippen molar-refractivity contribution in [3.8, 4) is 6.07 Å². The van der Waals surface area contributed by atoms with Crippen molar-refractivity contribution in [1.82, 2.24) is 0 Å². The maximum Gasteiger partial charge on any atom is 0.247 e. The summed E-state index contributed by atoms with van der Waals surface area (Å²) in [4.78, 5) is 29.3. The second kappa shape index (κ2) is 6.11. The minimum absolute atomic E-state index is 0.00356. The van der Waals surface area contributed by atoms with Gasteiger partial charge in [0.05, 0.1) is 17.5 Å². The Balaban J connectivity index is 1.63. The number of furan rings is 1. The van der Waals surface area contributed by atoms with E-state index in [9.17, 15) is 14.9 Å². The molecule has 0 bridgehead atoms. The van der Waals surface area contributed by atoms with Crippen LogP contribution in [0.3, 0.4) is 0 Å². The van der Waals surface area contributed by atoms with E-state index in [4.69, 9.17) is 14.9 Å². The van der Waals surface area contributed by atoms with E-state index in [1.165, 1.54) is 0 Å². The number of nitrogens with two attached hydrogens (primary N) is 1. The Kier molecular flexibility index (Phi) is 3.55. The molecule has 6 rings (SSSR count). The van der Waals surface area contributed by atoms with Gasteiger partial charge in [0.15, 0.2) is 5.78 Å². The molecule has 2 atom stereocenters. The lowest BCUT2D eigenvalue weighted by Crippen LogP contribution is -2.49. The number of rotatable bonds is 1. The monoisotopic (exact) mass is 413 g/mol. The number of aryl methyl sites for hydroxylation is 1. The SMILES string of the molecule is N#CC1=C(N)OC2=C(C(=O)C[C@H](c3ccco3)C2)[C@]12C(=O)N1CCCc3cccc2c31. The quantitative estimate of drug-likeness (QED) is 0.770. The molecule has 154 valence electrons. The Morgan fingerprint density at radius 3 is 2.84 bits per heavy atom. The van der Waals surface area contributed by atoms with Crippen LogP contribution in [0.5, 0.6) is 0 Å². The Bertz CT molecular complexity index is 1260. The van der Waals surface area contributed by atoms with Crippen LogP contribution in [0.2, 0.25) is 0 Å². The fraction of sp³-hybridized carbons (Fsp3) is 0.292. The number of anilines is 1. The maximum absolute atomic E-state index is 14.0. The molecule has 3 aliphatic heterocycles. The molecule has 0 saturated heterocycles. The van der Waals surface area contributed by atoms with Gasteiger partial charge in [-0.3, -0.25) is 9.59 Å². The van der Waals surface area contributed by atoms with Gasteiger partial charge in [0.1, 0.15) is 28.6 Å². The zero-order valence-electron chi connectivity index (χ0n) is 16.7. The molecule has 7 heteroatoms. The van der Waals surface area contributed by atoms with Gasteiger partial charge in [0.2, 0.25) is 11.8 Å². The van der Waals surface area contributed by atoms with Crippen LogP contribution in [0.1, 0.15) is 42.1 Å². The summed E-state index contributed by atoms with van der Waals surface area (Å²) in [6, 6.07) is 11.4. The number of Topliss-reactive ketones (excluding diaryl/α,β-unsaturated/α-hetero) is 1. The largest absolute Gasteiger partial charge is 0.469 e. The second-order valence-electron chi connectivity index (χ2n) is 8.42. The average molecular weight is 413 g/mol. The normalized spacial score (nSPS) is 26.7. The first-order valence-electron chi connectivity index (χ1n) is 10.4. The smallest absolute Gasteiger partial charge is 0.247 e. The molecule has 31 heavy (non-hydrogen) atoms. The molecule has 1 aromatic carbocycles. The van der Waals surface area contributed by atoms with Crippen LogP contribution >= 0.6 is 0 Å². The molecule has 0 saturated carbocycles. The lowest BCUT2D eigenvalue weighted by molar-refractivity contribution is -0.125. The fourth-order valence-electron chi connectivity index (χ4n) is 5.71. The lowest BCUT2D eigenvalue weighted by atomic mass is 9.64. The Morgan fingerprint density at radius 1 is 1.19 bits per heavy atom. The van der Waals surface area contributed by atoms with Crippen molar-refractivity contribution in [3.63, 3.8) is 0 Å². The minimum Gasteiger partial charge on any atom is -0.469 e. The Labute approximate surface area is 178 Å². The summed E-state index contributed by atoms with van der Waals surface area (Å²) < 4.78 is 11.4. The highest BCUT2D eigenvalue weighted by atomic mass is 16.5. The van der Waals surface area contributed by atoms with Crippen LogP contribution in [0.4, 0.5) is 5.69 Å². The van der Waals surface area contributed by atoms with Gasteiger partial charge in [-0.1, -0.05) is 18.2 Å². The molecule has 1 amide bonds. The average Bonchev–Trinajstić information content (AvgIpc) is 3.38. The van der Waals surface area contributed by atoms with Gasteiger partial charge in [0.25, 0.3) is 0 Å². The summed E-state index contributed by atoms with van der Waals surface area (Å²) in [7, 11) is 0. The van der Waals surface area contributed by atoms with Gasteiger partial charge in [-0.2, -0.15) is 5.26 Å². The van der Waals surface area contributed by atoms with E-state index in [0.29, 0.717) is 30.0 Å². The number of carbonyl (C=O) groups is 2. The summed E-state index contributed by atoms with van der Waals surface area (Å²) in [6.45, 7) is 0.551. The predicted octanol–water partition coefficient (Wildman–Crippen LogP) is 2.94. The van der Waals surface area contributed by atoms with E-state index in [1.807, 2.05) is 24.3 Å². The first kappa shape index (κ1) is 18.0. The third-order valence-electron chi connectivity index (χ3n) is 6.90. The van der Waals surface area contributed by atoms with Gasteiger partial charge in [-0.05, 0) is 30.5 Å². The second-order valence-corrected chi connectivity index (χ2v) is 8.42. The highest BCUT2D eigenvalue weighted by Gasteiger charge is 2.63. The summed E-state index contributed by atoms with van der Waals surface area (Å²) >= 11 is 0. The molecule has 0 unspecified atom stereocenters. The maximum atomic E-state index is 14.0. The zero-order valence-corrected chi connectivity index (χ0v) is 16.7. The van der Waals surface area contributed by atoms with Gasteiger partial charge in [0, 0.05) is 30.9 Å².